The van der Waals surface area contributed by atoms with E-state index in [0.717, 1.165) is 5.56 Å². The van der Waals surface area contributed by atoms with Crippen molar-refractivity contribution in [3.05, 3.63) is 63.6 Å². The number of nitrogens with zero attached hydrogens (tertiary/aromatic N) is 1. The van der Waals surface area contributed by atoms with Crippen LogP contribution in [-0.2, 0) is 4.79 Å². The van der Waals surface area contributed by atoms with Crippen molar-refractivity contribution >= 4 is 29.1 Å². The van der Waals surface area contributed by atoms with Gasteiger partial charge in [-0.3, -0.25) is 4.79 Å². The van der Waals surface area contributed by atoms with Crippen molar-refractivity contribution < 1.29 is 9.53 Å². The van der Waals surface area contributed by atoms with Gasteiger partial charge in [0, 0.05) is 0 Å². The number of hydrogen-bond donors (Lipinski definition) is 1. The van der Waals surface area contributed by atoms with E-state index in [1.54, 1.807) is 42.5 Å². The molecule has 1 amide bonds. The first kappa shape index (κ1) is 17.1. The minimum absolute atomic E-state index is 0.176. The Balaban J connectivity index is 1.94. The van der Waals surface area contributed by atoms with Crippen LogP contribution in [0.4, 0.5) is 0 Å². The predicted octanol–water partition coefficient (Wildman–Crippen LogP) is 4.12. The number of ether oxygens (including phenoxy) is 1. The molecule has 2 rings (SSSR count). The first-order valence-electron chi connectivity index (χ1n) is 6.87. The van der Waals surface area contributed by atoms with Crippen molar-refractivity contribution in [2.45, 2.75) is 13.0 Å². The third-order valence-corrected chi connectivity index (χ3v) is 3.93. The van der Waals surface area contributed by atoms with Crippen LogP contribution in [0.5, 0.6) is 5.75 Å². The fourth-order valence-corrected chi connectivity index (χ4v) is 2.28. The van der Waals surface area contributed by atoms with Gasteiger partial charge in [-0.05, 0) is 36.8 Å². The van der Waals surface area contributed by atoms with Gasteiger partial charge in [0.2, 0.25) is 0 Å². The molecule has 0 aromatic heterocycles. The topological polar surface area (TPSA) is 62.1 Å². The summed E-state index contributed by atoms with van der Waals surface area (Å²) < 4.78 is 5.39. The molecule has 4 nitrogen and oxygen atoms in total. The maximum absolute atomic E-state index is 12.0. The predicted molar refractivity (Wildman–Crippen MR) is 89.7 cm³/mol. The highest BCUT2D eigenvalue weighted by Crippen LogP contribution is 2.25. The summed E-state index contributed by atoms with van der Waals surface area (Å²) in [5.41, 5.74) is 1.23. The van der Waals surface area contributed by atoms with E-state index >= 15 is 0 Å². The van der Waals surface area contributed by atoms with E-state index in [1.165, 1.54) is 0 Å². The Labute approximate surface area is 144 Å². The molecule has 0 fully saturated rings. The van der Waals surface area contributed by atoms with E-state index in [9.17, 15) is 4.79 Å². The van der Waals surface area contributed by atoms with Crippen LogP contribution in [0.3, 0.4) is 0 Å². The first-order valence-corrected chi connectivity index (χ1v) is 7.63. The summed E-state index contributed by atoms with van der Waals surface area (Å²) in [4.78, 5) is 12.0. The average molecular weight is 349 g/mol. The van der Waals surface area contributed by atoms with Gasteiger partial charge in [-0.15, -0.1) is 0 Å². The highest BCUT2D eigenvalue weighted by molar-refractivity contribution is 6.42. The number of rotatable bonds is 5. The summed E-state index contributed by atoms with van der Waals surface area (Å²) in [6.07, 6.45) is 0. The second-order valence-corrected chi connectivity index (χ2v) is 5.67. The standard InChI is InChI=1S/C17H14Cl2N2O2/c1-11(12-6-7-14(18)15(19)8-12)21-17(22)10-23-16-5-3-2-4-13(16)9-20/h2-8,11H,10H2,1H3,(H,21,22)/t11-/m0/s1. The largest absolute Gasteiger partial charge is 0.482 e. The fourth-order valence-electron chi connectivity index (χ4n) is 1.98. The maximum atomic E-state index is 12.0. The number of benzene rings is 2. The van der Waals surface area contributed by atoms with Crippen molar-refractivity contribution in [3.63, 3.8) is 0 Å². The molecule has 118 valence electrons. The van der Waals surface area contributed by atoms with Crippen molar-refractivity contribution in [2.24, 2.45) is 0 Å². The average Bonchev–Trinajstić information content (AvgIpc) is 2.55. The molecule has 6 heteroatoms. The first-order chi connectivity index (χ1) is 11.0. The molecule has 0 saturated heterocycles. The van der Waals surface area contributed by atoms with Crippen LogP contribution in [-0.4, -0.2) is 12.5 Å². The Kier molecular flexibility index (Phi) is 5.86. The number of nitrogens with one attached hydrogen (secondary N) is 1. The second kappa shape index (κ2) is 7.87. The Bertz CT molecular complexity index is 756. The maximum Gasteiger partial charge on any atom is 0.258 e. The molecule has 2 aromatic rings. The normalized spacial score (nSPS) is 11.4. The Morgan fingerprint density at radius 3 is 2.70 bits per heavy atom. The molecule has 0 bridgehead atoms. The number of carbonyl (C=O) groups is 1. The Hall–Kier alpha value is -2.22. The number of halogens is 2. The molecule has 0 spiro atoms. The highest BCUT2D eigenvalue weighted by Gasteiger charge is 2.12. The number of amides is 1. The number of para-hydroxylation sites is 1. The molecular formula is C17H14Cl2N2O2. The molecule has 0 heterocycles. The molecule has 1 N–H and O–H groups in total. The summed E-state index contributed by atoms with van der Waals surface area (Å²) >= 11 is 11.8. The lowest BCUT2D eigenvalue weighted by molar-refractivity contribution is -0.123. The van der Waals surface area contributed by atoms with Gasteiger partial charge in [-0.2, -0.15) is 5.26 Å². The van der Waals surface area contributed by atoms with Crippen molar-refractivity contribution in [2.75, 3.05) is 6.61 Å². The molecule has 23 heavy (non-hydrogen) atoms. The van der Waals surface area contributed by atoms with Crippen LogP contribution in [0, 0.1) is 11.3 Å². The third kappa shape index (κ3) is 4.62. The van der Waals surface area contributed by atoms with Crippen LogP contribution in [0.25, 0.3) is 0 Å². The zero-order chi connectivity index (χ0) is 16.8. The zero-order valence-corrected chi connectivity index (χ0v) is 13.9. The van der Waals surface area contributed by atoms with Gasteiger partial charge in [0.05, 0.1) is 21.7 Å². The van der Waals surface area contributed by atoms with Crippen molar-refractivity contribution in [3.8, 4) is 11.8 Å². The molecular weight excluding hydrogens is 335 g/mol. The number of hydrogen-bond acceptors (Lipinski definition) is 3. The summed E-state index contributed by atoms with van der Waals surface area (Å²) in [5, 5.41) is 12.7. The van der Waals surface area contributed by atoms with Gasteiger partial charge in [0.15, 0.2) is 6.61 Å². The molecule has 1 atom stereocenters. The van der Waals surface area contributed by atoms with Gasteiger partial charge in [-0.25, -0.2) is 0 Å². The summed E-state index contributed by atoms with van der Waals surface area (Å²) in [7, 11) is 0. The molecule has 0 aliphatic rings. The Morgan fingerprint density at radius 2 is 2.00 bits per heavy atom. The SMILES string of the molecule is C[C@H](NC(=O)COc1ccccc1C#N)c1ccc(Cl)c(Cl)c1. The lowest BCUT2D eigenvalue weighted by Crippen LogP contribution is -2.31. The van der Waals surface area contributed by atoms with E-state index < -0.39 is 0 Å². The smallest absolute Gasteiger partial charge is 0.258 e. The molecule has 2 aromatic carbocycles. The molecule has 0 unspecified atom stereocenters. The second-order valence-electron chi connectivity index (χ2n) is 4.86. The van der Waals surface area contributed by atoms with E-state index in [4.69, 9.17) is 33.2 Å². The van der Waals surface area contributed by atoms with E-state index in [1.807, 2.05) is 13.0 Å². The van der Waals surface area contributed by atoms with Gasteiger partial charge in [0.25, 0.3) is 5.91 Å². The van der Waals surface area contributed by atoms with Crippen molar-refractivity contribution in [1.82, 2.24) is 5.32 Å². The summed E-state index contributed by atoms with van der Waals surface area (Å²) in [5.74, 6) is 0.0867. The van der Waals surface area contributed by atoms with Gasteiger partial charge in [-0.1, -0.05) is 41.4 Å². The van der Waals surface area contributed by atoms with E-state index in [0.29, 0.717) is 21.4 Å². The monoisotopic (exact) mass is 348 g/mol. The third-order valence-electron chi connectivity index (χ3n) is 3.19. The quantitative estimate of drug-likeness (QED) is 0.883. The van der Waals surface area contributed by atoms with Gasteiger partial charge >= 0.3 is 0 Å². The molecule has 0 aliphatic carbocycles. The van der Waals surface area contributed by atoms with Crippen LogP contribution < -0.4 is 10.1 Å². The lowest BCUT2D eigenvalue weighted by Gasteiger charge is -2.15. The number of nitriles is 1. The van der Waals surface area contributed by atoms with Crippen LogP contribution in [0.15, 0.2) is 42.5 Å². The van der Waals surface area contributed by atoms with Gasteiger partial charge < -0.3 is 10.1 Å². The minimum Gasteiger partial charge on any atom is -0.482 e. The minimum atomic E-state index is -0.295. The van der Waals surface area contributed by atoms with Crippen molar-refractivity contribution in [1.29, 1.82) is 5.26 Å². The highest BCUT2D eigenvalue weighted by atomic mass is 35.5. The van der Waals surface area contributed by atoms with Gasteiger partial charge in [0.1, 0.15) is 11.8 Å². The molecule has 0 aliphatic heterocycles. The fraction of sp³-hybridized carbons (Fsp3) is 0.176. The van der Waals surface area contributed by atoms with Crippen LogP contribution in [0.2, 0.25) is 10.0 Å². The lowest BCUT2D eigenvalue weighted by atomic mass is 10.1. The zero-order valence-electron chi connectivity index (χ0n) is 12.3. The van der Waals surface area contributed by atoms with E-state index in [2.05, 4.69) is 5.32 Å². The number of carbonyl (C=O) groups excluding carboxylic acids is 1. The summed E-state index contributed by atoms with van der Waals surface area (Å²) in [6.45, 7) is 1.66. The van der Waals surface area contributed by atoms with E-state index in [-0.39, 0.29) is 18.6 Å². The molecule has 0 saturated carbocycles. The Morgan fingerprint density at radius 1 is 1.26 bits per heavy atom. The van der Waals surface area contributed by atoms with Crippen LogP contribution >= 0.6 is 23.2 Å². The summed E-state index contributed by atoms with van der Waals surface area (Å²) in [6, 6.07) is 13.7. The van der Waals surface area contributed by atoms with Crippen LogP contribution in [0.1, 0.15) is 24.1 Å². The molecule has 0 radical (unpaired) electrons.